The molecule has 0 aromatic carbocycles. The predicted molar refractivity (Wildman–Crippen MR) is 139 cm³/mol. The Balaban J connectivity index is -0.000000402. The first-order valence-corrected chi connectivity index (χ1v) is 10.9. The van der Waals surface area contributed by atoms with Gasteiger partial charge in [-0.3, -0.25) is 15.9 Å². The summed E-state index contributed by atoms with van der Waals surface area (Å²) >= 11 is 0. The zero-order valence-electron chi connectivity index (χ0n) is 22.2. The number of pyridine rings is 1. The quantitative estimate of drug-likeness (QED) is 0.186. The van der Waals surface area contributed by atoms with Crippen LogP contribution in [0.5, 0.6) is 0 Å². The molecule has 0 saturated carbocycles. The van der Waals surface area contributed by atoms with Gasteiger partial charge in [0.25, 0.3) is 0 Å². The summed E-state index contributed by atoms with van der Waals surface area (Å²) in [4.78, 5) is 16.9. The van der Waals surface area contributed by atoms with Crippen molar-refractivity contribution in [2.24, 2.45) is 32.5 Å². The second-order valence-corrected chi connectivity index (χ2v) is 7.83. The Morgan fingerprint density at radius 2 is 1.28 bits per heavy atom. The van der Waals surface area contributed by atoms with Crippen molar-refractivity contribution in [2.45, 2.75) is 54.4 Å². The van der Waals surface area contributed by atoms with Crippen molar-refractivity contribution < 1.29 is 42.4 Å². The van der Waals surface area contributed by atoms with Crippen molar-refractivity contribution >= 4 is 34.3 Å². The van der Waals surface area contributed by atoms with E-state index in [1.807, 2.05) is 37.2 Å². The summed E-state index contributed by atoms with van der Waals surface area (Å²) in [6.45, 7) is 9.91. The molecule has 1 aliphatic rings. The van der Waals surface area contributed by atoms with Gasteiger partial charge in [0.15, 0.2) is 0 Å². The minimum absolute atomic E-state index is 0. The molecule has 1 radical (unpaired) electrons. The maximum atomic E-state index is 11.0. The average Bonchev–Trinajstić information content (AvgIpc) is 2.88. The Labute approximate surface area is 224 Å². The third kappa shape index (κ3) is 17.2. The fourth-order valence-electron chi connectivity index (χ4n) is 2.39. The summed E-state index contributed by atoms with van der Waals surface area (Å²) in [6.07, 6.45) is 10.7. The van der Waals surface area contributed by atoms with Crippen LogP contribution in [0.1, 0.15) is 54.4 Å². The first-order valence-electron chi connectivity index (χ1n) is 10.9. The van der Waals surface area contributed by atoms with Gasteiger partial charge in [0.2, 0.25) is 0 Å². The Morgan fingerprint density at radius 1 is 0.889 bits per heavy atom. The minimum atomic E-state index is 0. The van der Waals surface area contributed by atoms with Crippen LogP contribution in [0.2, 0.25) is 0 Å². The molecule has 2 atom stereocenters. The van der Waals surface area contributed by atoms with Crippen molar-refractivity contribution in [1.82, 2.24) is 4.98 Å². The van der Waals surface area contributed by atoms with Crippen LogP contribution in [-0.2, 0) is 21.6 Å². The number of aromatic nitrogens is 1. The van der Waals surface area contributed by atoms with Crippen molar-refractivity contribution in [3.63, 3.8) is 0 Å². The number of Topliss-reactive ketones (excluding diaryl/α,β-unsaturated/α-hetero) is 1. The van der Waals surface area contributed by atoms with Crippen LogP contribution in [0.3, 0.4) is 0 Å². The fraction of sp³-hybridized carbons (Fsp3) is 0.500. The summed E-state index contributed by atoms with van der Waals surface area (Å²) < 4.78 is 0. The monoisotopic (exact) mass is 550 g/mol. The Bertz CT molecular complexity index is 822. The number of anilines is 1. The maximum Gasteiger partial charge on any atom is 0.133 e. The first-order chi connectivity index (χ1) is 16.5. The number of carbonyl (C=O) groups excluding carboxylic acids is 1. The van der Waals surface area contributed by atoms with Gasteiger partial charge in [-0.05, 0) is 52.7 Å². The molecule has 0 amide bonds. The molecular weight excluding hydrogens is 511 g/mol. The van der Waals surface area contributed by atoms with E-state index in [1.165, 1.54) is 33.4 Å². The van der Waals surface area contributed by atoms with Gasteiger partial charge < -0.3 is 31.8 Å². The van der Waals surface area contributed by atoms with Crippen LogP contribution >= 0.6 is 0 Å². The maximum absolute atomic E-state index is 11.0. The van der Waals surface area contributed by atoms with Crippen LogP contribution in [0.15, 0.2) is 51.2 Å². The van der Waals surface area contributed by atoms with Gasteiger partial charge in [0, 0.05) is 54.9 Å². The van der Waals surface area contributed by atoms with Gasteiger partial charge in [0.05, 0.1) is 0 Å². The zero-order chi connectivity index (χ0) is 27.4. The van der Waals surface area contributed by atoms with Gasteiger partial charge in [-0.2, -0.15) is 6.42 Å². The molecule has 36 heavy (non-hydrogen) atoms. The van der Waals surface area contributed by atoms with Crippen LogP contribution in [0.25, 0.3) is 0 Å². The molecule has 2 rings (SSSR count). The van der Waals surface area contributed by atoms with Gasteiger partial charge in [-0.1, -0.05) is 34.0 Å². The molecule has 0 aliphatic heterocycles. The topological polar surface area (TPSA) is 164 Å². The molecule has 0 fully saturated rings. The van der Waals surface area contributed by atoms with Gasteiger partial charge in [0.1, 0.15) is 28.6 Å². The number of nitrogens with zero attached hydrogens (tertiary/aromatic N) is 6. The Hall–Kier alpha value is -3.25. The molecule has 1 aromatic rings. The second-order valence-electron chi connectivity index (χ2n) is 7.83. The third-order valence-electron chi connectivity index (χ3n) is 4.96. The van der Waals surface area contributed by atoms with Gasteiger partial charge in [-0.25, -0.2) is 0 Å². The van der Waals surface area contributed by atoms with Crippen molar-refractivity contribution in [2.75, 3.05) is 19.0 Å². The smallest absolute Gasteiger partial charge is 0.133 e. The van der Waals surface area contributed by atoms with E-state index >= 15 is 0 Å². The number of rotatable bonds is 4. The Morgan fingerprint density at radius 3 is 1.50 bits per heavy atom. The molecule has 205 valence electrons. The van der Waals surface area contributed by atoms with Crippen molar-refractivity contribution in [1.29, 1.82) is 0 Å². The number of oxime groups is 4. The molecule has 11 nitrogen and oxygen atoms in total. The van der Waals surface area contributed by atoms with Crippen molar-refractivity contribution in [3.8, 4) is 0 Å². The summed E-state index contributed by atoms with van der Waals surface area (Å²) in [5.41, 5.74) is 2.44. The third-order valence-corrected chi connectivity index (χ3v) is 4.96. The predicted octanol–water partition coefficient (Wildman–Crippen LogP) is 4.50. The summed E-state index contributed by atoms with van der Waals surface area (Å²) in [6, 6.07) is 3.94. The van der Waals surface area contributed by atoms with Crippen LogP contribution in [0.4, 0.5) is 5.69 Å². The molecule has 0 bridgehead atoms. The summed E-state index contributed by atoms with van der Waals surface area (Å²) in [5.74, 6) is 0.998. The fourth-order valence-corrected chi connectivity index (χ4v) is 2.39. The minimum Gasteiger partial charge on any atom is -0.500 e. The van der Waals surface area contributed by atoms with Gasteiger partial charge >= 0.3 is 0 Å². The number of hydrogen-bond acceptors (Lipinski definition) is 11. The molecule has 1 heterocycles. The summed E-state index contributed by atoms with van der Waals surface area (Å²) in [7, 11) is 4.02. The summed E-state index contributed by atoms with van der Waals surface area (Å²) in [5, 5.41) is 43.3. The van der Waals surface area contributed by atoms with Crippen molar-refractivity contribution in [3.05, 3.63) is 36.7 Å². The molecule has 4 N–H and O–H groups in total. The SMILES string of the molecule is CC(=N\O)/C(C)=N/O.CC(=N\O)/C(C)=N/O.CC(=O)[C@@H]1CC[C-]=C[C@H]1C.CN(C)c1ccncc1.[Co]. The first kappa shape index (κ1) is 37.3. The van der Waals surface area contributed by atoms with E-state index < -0.39 is 0 Å². The number of hydrogen-bond donors (Lipinski definition) is 4. The second kappa shape index (κ2) is 22.2. The van der Waals surface area contributed by atoms with E-state index in [9.17, 15) is 4.79 Å². The zero-order valence-corrected chi connectivity index (χ0v) is 23.2. The normalized spacial score (nSPS) is 17.6. The standard InChI is InChI=1S/C9H13O.C7H10N2.2C4H8N2O2.Co/c1-7-5-3-4-6-9(7)8(2)10;1-9(2)7-3-5-8-6-4-7;2*1-3(5-7)4(2)6-8;/h5,7,9H,4,6H2,1-2H3;3-6H,1-2H3;2*7-8H,1-2H3;/q-1;;;;/b;;2*5-3+,6-4+;/t7-,9-;;;;/m1..../s1. The van der Waals surface area contributed by atoms with Crippen LogP contribution < -0.4 is 4.90 Å². The molecular formula is C24H39CoN6O5-. The average molecular weight is 551 g/mol. The van der Waals surface area contributed by atoms with E-state index in [0.717, 1.165) is 12.8 Å². The Kier molecular flexibility index (Phi) is 23.0. The van der Waals surface area contributed by atoms with Gasteiger partial charge in [-0.15, -0.1) is 0 Å². The van der Waals surface area contributed by atoms with E-state index in [2.05, 4.69) is 38.6 Å². The molecule has 0 saturated heterocycles. The van der Waals surface area contributed by atoms with Crippen LogP contribution in [0, 0.1) is 17.9 Å². The molecule has 1 aliphatic carbocycles. The van der Waals surface area contributed by atoms with E-state index in [-0.39, 0.29) is 22.7 Å². The number of allylic oxidation sites excluding steroid dienone is 2. The van der Waals surface area contributed by atoms with Crippen LogP contribution in [-0.4, -0.2) is 68.5 Å². The van der Waals surface area contributed by atoms with E-state index in [1.54, 1.807) is 19.3 Å². The number of carbonyl (C=O) groups is 1. The molecule has 0 unspecified atom stereocenters. The number of ketones is 1. The molecule has 0 spiro atoms. The molecule has 1 aromatic heterocycles. The van der Waals surface area contributed by atoms with E-state index in [4.69, 9.17) is 20.8 Å². The van der Waals surface area contributed by atoms with E-state index in [0.29, 0.717) is 34.5 Å². The molecule has 12 heteroatoms. The largest absolute Gasteiger partial charge is 0.500 e.